The smallest absolute Gasteiger partial charge is 0.260 e. The first-order valence-corrected chi connectivity index (χ1v) is 12.6. The number of nitrogens with zero attached hydrogens (tertiary/aromatic N) is 2. The van der Waals surface area contributed by atoms with E-state index in [1.54, 1.807) is 18.2 Å². The molecule has 2 aliphatic heterocycles. The Morgan fingerprint density at radius 1 is 0.865 bits per heavy atom. The quantitative estimate of drug-likeness (QED) is 0.624. The van der Waals surface area contributed by atoms with Crippen LogP contribution in [0.3, 0.4) is 0 Å². The minimum absolute atomic E-state index is 0.0000934. The maximum Gasteiger partial charge on any atom is 0.260 e. The lowest BCUT2D eigenvalue weighted by Gasteiger charge is -2.39. The van der Waals surface area contributed by atoms with Gasteiger partial charge in [0.2, 0.25) is 11.8 Å². The van der Waals surface area contributed by atoms with Crippen molar-refractivity contribution in [3.8, 4) is 5.75 Å². The summed E-state index contributed by atoms with van der Waals surface area (Å²) < 4.78 is 5.74. The van der Waals surface area contributed by atoms with Crippen molar-refractivity contribution in [1.29, 1.82) is 0 Å². The van der Waals surface area contributed by atoms with Gasteiger partial charge in [0.15, 0.2) is 6.61 Å². The second kappa shape index (κ2) is 11.0. The van der Waals surface area contributed by atoms with Gasteiger partial charge in [-0.2, -0.15) is 0 Å². The normalized spacial score (nSPS) is 16.4. The van der Waals surface area contributed by atoms with E-state index < -0.39 is 0 Å². The van der Waals surface area contributed by atoms with Crippen molar-refractivity contribution >= 4 is 35.0 Å². The Balaban J connectivity index is 1.34. The van der Waals surface area contributed by atoms with Crippen molar-refractivity contribution in [2.24, 2.45) is 5.41 Å². The van der Waals surface area contributed by atoms with E-state index >= 15 is 0 Å². The zero-order valence-electron chi connectivity index (χ0n) is 21.6. The molecule has 2 fully saturated rings. The number of likely N-dealkylation sites (tertiary alicyclic amines) is 2. The molecule has 0 radical (unpaired) electrons. The van der Waals surface area contributed by atoms with E-state index in [4.69, 9.17) is 4.74 Å². The largest absolute Gasteiger partial charge is 0.484 e. The van der Waals surface area contributed by atoms with Crippen LogP contribution in [0.2, 0.25) is 0 Å². The summed E-state index contributed by atoms with van der Waals surface area (Å²) >= 11 is 0. The van der Waals surface area contributed by atoms with Gasteiger partial charge in [0, 0.05) is 45.6 Å². The summed E-state index contributed by atoms with van der Waals surface area (Å²) in [5, 5.41) is 5.36. The number of para-hydroxylation sites is 1. The Hall–Kier alpha value is -3.88. The zero-order chi connectivity index (χ0) is 26.6. The van der Waals surface area contributed by atoms with Crippen molar-refractivity contribution in [3.63, 3.8) is 0 Å². The SMILES string of the molecule is CC(=O)Nc1ccc(C(=O)N2CCC3(CCN(C(=O)COc4ccccc4C)CC3)C2)cc1NC(C)=O. The van der Waals surface area contributed by atoms with Crippen LogP contribution in [-0.4, -0.2) is 66.2 Å². The van der Waals surface area contributed by atoms with Crippen LogP contribution in [0.1, 0.15) is 49.0 Å². The van der Waals surface area contributed by atoms with Gasteiger partial charge >= 0.3 is 0 Å². The molecule has 0 saturated carbocycles. The number of hydrogen-bond donors (Lipinski definition) is 2. The first kappa shape index (κ1) is 26.2. The summed E-state index contributed by atoms with van der Waals surface area (Å²) in [6.45, 7) is 7.32. The maximum absolute atomic E-state index is 13.3. The highest BCUT2D eigenvalue weighted by molar-refractivity contribution is 6.02. The maximum atomic E-state index is 13.3. The molecule has 4 amide bonds. The second-order valence-corrected chi connectivity index (χ2v) is 10.0. The van der Waals surface area contributed by atoms with Gasteiger partial charge in [-0.1, -0.05) is 18.2 Å². The molecule has 0 atom stereocenters. The lowest BCUT2D eigenvalue weighted by molar-refractivity contribution is -0.135. The van der Waals surface area contributed by atoms with Crippen LogP contribution in [0, 0.1) is 12.3 Å². The molecule has 2 heterocycles. The Kier molecular flexibility index (Phi) is 7.80. The predicted molar refractivity (Wildman–Crippen MR) is 140 cm³/mol. The van der Waals surface area contributed by atoms with Crippen molar-refractivity contribution in [2.45, 2.75) is 40.0 Å². The standard InChI is InChI=1S/C28H34N4O5/c1-19-6-4-5-7-25(19)37-17-26(35)31-13-10-28(11-14-31)12-15-32(18-28)27(36)22-8-9-23(29-20(2)33)24(16-22)30-21(3)34/h4-9,16H,10-15,17-18H2,1-3H3,(H,29,33)(H,30,34). The molecule has 196 valence electrons. The number of benzene rings is 2. The fraction of sp³-hybridized carbons (Fsp3) is 0.429. The van der Waals surface area contributed by atoms with E-state index in [0.717, 1.165) is 30.6 Å². The zero-order valence-corrected chi connectivity index (χ0v) is 21.6. The van der Waals surface area contributed by atoms with Crippen LogP contribution in [-0.2, 0) is 14.4 Å². The van der Waals surface area contributed by atoms with Crippen LogP contribution in [0.25, 0.3) is 0 Å². The molecule has 2 N–H and O–H groups in total. The molecule has 1 spiro atoms. The number of anilines is 2. The Morgan fingerprint density at radius 3 is 2.14 bits per heavy atom. The van der Waals surface area contributed by atoms with Crippen molar-refractivity contribution in [3.05, 3.63) is 53.6 Å². The van der Waals surface area contributed by atoms with Gasteiger partial charge in [-0.05, 0) is 61.4 Å². The molecule has 0 aliphatic carbocycles. The van der Waals surface area contributed by atoms with Gasteiger partial charge in [0.25, 0.3) is 11.8 Å². The molecule has 2 aromatic carbocycles. The molecular weight excluding hydrogens is 472 g/mol. The molecule has 0 bridgehead atoms. The van der Waals surface area contributed by atoms with E-state index in [1.165, 1.54) is 13.8 Å². The van der Waals surface area contributed by atoms with E-state index in [0.29, 0.717) is 43.1 Å². The number of carbonyl (C=O) groups excluding carboxylic acids is 4. The predicted octanol–water partition coefficient (Wildman–Crippen LogP) is 3.45. The third-order valence-electron chi connectivity index (χ3n) is 7.24. The van der Waals surface area contributed by atoms with E-state index in [1.807, 2.05) is 41.0 Å². The second-order valence-electron chi connectivity index (χ2n) is 10.0. The van der Waals surface area contributed by atoms with Gasteiger partial charge < -0.3 is 25.2 Å². The lowest BCUT2D eigenvalue weighted by Crippen LogP contribution is -2.46. The Morgan fingerprint density at radius 2 is 1.49 bits per heavy atom. The minimum atomic E-state index is -0.290. The van der Waals surface area contributed by atoms with Crippen LogP contribution in [0.15, 0.2) is 42.5 Å². The van der Waals surface area contributed by atoms with E-state index in [9.17, 15) is 19.2 Å². The highest BCUT2D eigenvalue weighted by Crippen LogP contribution is 2.41. The summed E-state index contributed by atoms with van der Waals surface area (Å²) in [4.78, 5) is 52.9. The van der Waals surface area contributed by atoms with Crippen LogP contribution < -0.4 is 15.4 Å². The van der Waals surface area contributed by atoms with Crippen LogP contribution >= 0.6 is 0 Å². The molecule has 2 saturated heterocycles. The molecule has 9 nitrogen and oxygen atoms in total. The van der Waals surface area contributed by atoms with Crippen molar-refractivity contribution in [1.82, 2.24) is 9.80 Å². The minimum Gasteiger partial charge on any atom is -0.484 e. The molecule has 2 aromatic rings. The lowest BCUT2D eigenvalue weighted by atomic mass is 9.78. The van der Waals surface area contributed by atoms with Gasteiger partial charge in [0.05, 0.1) is 11.4 Å². The number of rotatable bonds is 6. The topological polar surface area (TPSA) is 108 Å². The number of amides is 4. The first-order valence-electron chi connectivity index (χ1n) is 12.6. The Bertz CT molecular complexity index is 1200. The number of nitrogens with one attached hydrogen (secondary N) is 2. The highest BCUT2D eigenvalue weighted by Gasteiger charge is 2.43. The number of piperidine rings is 1. The first-order chi connectivity index (χ1) is 17.7. The van der Waals surface area contributed by atoms with Gasteiger partial charge in [-0.3, -0.25) is 19.2 Å². The van der Waals surface area contributed by atoms with Gasteiger partial charge in [-0.15, -0.1) is 0 Å². The molecular formula is C28H34N4O5. The van der Waals surface area contributed by atoms with Crippen LogP contribution in [0.5, 0.6) is 5.75 Å². The number of hydrogen-bond acceptors (Lipinski definition) is 5. The molecule has 4 rings (SSSR count). The fourth-order valence-corrected chi connectivity index (χ4v) is 5.15. The van der Waals surface area contributed by atoms with Crippen molar-refractivity contribution in [2.75, 3.05) is 43.4 Å². The number of ether oxygens (including phenoxy) is 1. The number of aryl methyl sites for hydroxylation is 1. The third-order valence-corrected chi connectivity index (χ3v) is 7.24. The summed E-state index contributed by atoms with van der Waals surface area (Å²) in [6.07, 6.45) is 2.57. The van der Waals surface area contributed by atoms with Gasteiger partial charge in [0.1, 0.15) is 5.75 Å². The average Bonchev–Trinajstić information content (AvgIpc) is 3.27. The van der Waals surface area contributed by atoms with Gasteiger partial charge in [-0.25, -0.2) is 0 Å². The summed E-state index contributed by atoms with van der Waals surface area (Å²) in [7, 11) is 0. The highest BCUT2D eigenvalue weighted by atomic mass is 16.5. The summed E-state index contributed by atoms with van der Waals surface area (Å²) in [6, 6.07) is 12.6. The molecule has 2 aliphatic rings. The summed E-state index contributed by atoms with van der Waals surface area (Å²) in [5.41, 5.74) is 2.29. The number of carbonyl (C=O) groups is 4. The third kappa shape index (κ3) is 6.28. The van der Waals surface area contributed by atoms with E-state index in [-0.39, 0.29) is 35.7 Å². The average molecular weight is 507 g/mol. The van der Waals surface area contributed by atoms with Crippen molar-refractivity contribution < 1.29 is 23.9 Å². The molecule has 0 aromatic heterocycles. The van der Waals surface area contributed by atoms with Crippen LogP contribution in [0.4, 0.5) is 11.4 Å². The summed E-state index contributed by atoms with van der Waals surface area (Å²) in [5.74, 6) is 0.0403. The fourth-order valence-electron chi connectivity index (χ4n) is 5.15. The molecule has 37 heavy (non-hydrogen) atoms. The molecule has 9 heteroatoms. The van der Waals surface area contributed by atoms with E-state index in [2.05, 4.69) is 10.6 Å². The Labute approximate surface area is 217 Å². The monoisotopic (exact) mass is 506 g/mol. The molecule has 0 unspecified atom stereocenters.